The Balaban J connectivity index is 2.58. The molecule has 1 aliphatic heterocycles. The number of thiol groups is 1. The van der Waals surface area contributed by atoms with E-state index < -0.39 is 9.84 Å². The fourth-order valence-electron chi connectivity index (χ4n) is 1.26. The van der Waals surface area contributed by atoms with Crippen molar-refractivity contribution in [3.05, 3.63) is 0 Å². The van der Waals surface area contributed by atoms with Crippen molar-refractivity contribution >= 4 is 22.5 Å². The fraction of sp³-hybridized carbons (Fsp3) is 1.00. The Labute approximate surface area is 79.5 Å². The van der Waals surface area contributed by atoms with E-state index in [2.05, 4.69) is 17.5 Å². The first-order valence-electron chi connectivity index (χ1n) is 3.99. The normalized spacial score (nSPS) is 25.6. The van der Waals surface area contributed by atoms with E-state index in [-0.39, 0.29) is 16.4 Å². The topological polar surface area (TPSA) is 37.4 Å². The van der Waals surface area contributed by atoms with E-state index in [9.17, 15) is 8.42 Å². The molecule has 0 N–H and O–H groups in total. The van der Waals surface area contributed by atoms with E-state index >= 15 is 0 Å². The third kappa shape index (κ3) is 2.64. The lowest BCUT2D eigenvalue weighted by atomic mass is 10.3. The van der Waals surface area contributed by atoms with Crippen molar-refractivity contribution in [1.82, 2.24) is 4.90 Å². The summed E-state index contributed by atoms with van der Waals surface area (Å²) in [7, 11) is -2.75. The molecular formula is C7H15NO2S2. The van der Waals surface area contributed by atoms with Crippen LogP contribution in [0.4, 0.5) is 0 Å². The zero-order valence-corrected chi connectivity index (χ0v) is 9.16. The van der Waals surface area contributed by atoms with E-state index in [0.29, 0.717) is 13.1 Å². The highest BCUT2D eigenvalue weighted by Crippen LogP contribution is 2.20. The molecule has 0 saturated carbocycles. The van der Waals surface area contributed by atoms with Gasteiger partial charge >= 0.3 is 0 Å². The highest BCUT2D eigenvalue weighted by atomic mass is 32.2. The first-order valence-corrected chi connectivity index (χ1v) is 6.26. The molecule has 0 bridgehead atoms. The van der Waals surface area contributed by atoms with Crippen molar-refractivity contribution in [3.8, 4) is 0 Å². The van der Waals surface area contributed by atoms with Gasteiger partial charge in [0, 0.05) is 13.1 Å². The molecule has 12 heavy (non-hydrogen) atoms. The second-order valence-corrected chi connectivity index (χ2v) is 7.03. The SMILES string of the molecule is CC(C)(S)N1CCS(=O)(=O)CC1. The van der Waals surface area contributed by atoms with E-state index in [1.54, 1.807) is 0 Å². The Bertz CT molecular complexity index is 239. The second-order valence-electron chi connectivity index (χ2n) is 3.63. The van der Waals surface area contributed by atoms with Gasteiger partial charge in [0.2, 0.25) is 0 Å². The highest BCUT2D eigenvalue weighted by Gasteiger charge is 2.29. The van der Waals surface area contributed by atoms with Crippen LogP contribution in [0.3, 0.4) is 0 Å². The molecule has 72 valence electrons. The maximum atomic E-state index is 11.1. The van der Waals surface area contributed by atoms with Gasteiger partial charge in [-0.25, -0.2) is 8.42 Å². The van der Waals surface area contributed by atoms with Gasteiger partial charge in [-0.1, -0.05) is 0 Å². The summed E-state index contributed by atoms with van der Waals surface area (Å²) < 4.78 is 22.1. The molecule has 1 rings (SSSR count). The molecule has 0 unspecified atom stereocenters. The van der Waals surface area contributed by atoms with Gasteiger partial charge in [0.05, 0.1) is 16.4 Å². The van der Waals surface area contributed by atoms with Gasteiger partial charge in [-0.3, -0.25) is 4.90 Å². The smallest absolute Gasteiger partial charge is 0.152 e. The van der Waals surface area contributed by atoms with Crippen molar-refractivity contribution < 1.29 is 8.42 Å². The van der Waals surface area contributed by atoms with Crippen LogP contribution in [0.1, 0.15) is 13.8 Å². The lowest BCUT2D eigenvalue weighted by Crippen LogP contribution is -2.48. The van der Waals surface area contributed by atoms with Crippen molar-refractivity contribution in [2.24, 2.45) is 0 Å². The molecular weight excluding hydrogens is 194 g/mol. The largest absolute Gasteiger partial charge is 0.288 e. The number of hydrogen-bond acceptors (Lipinski definition) is 4. The molecule has 0 aromatic carbocycles. The van der Waals surface area contributed by atoms with Gasteiger partial charge in [0.1, 0.15) is 0 Å². The number of rotatable bonds is 1. The van der Waals surface area contributed by atoms with Gasteiger partial charge in [0.25, 0.3) is 0 Å². The predicted molar refractivity (Wildman–Crippen MR) is 53.3 cm³/mol. The summed E-state index contributed by atoms with van der Waals surface area (Å²) in [4.78, 5) is 1.88. The first kappa shape index (κ1) is 10.3. The molecule has 0 aromatic heterocycles. The molecule has 3 nitrogen and oxygen atoms in total. The van der Waals surface area contributed by atoms with Crippen molar-refractivity contribution in [2.75, 3.05) is 24.6 Å². The van der Waals surface area contributed by atoms with E-state index in [1.165, 1.54) is 0 Å². The number of hydrogen-bond donors (Lipinski definition) is 1. The van der Waals surface area contributed by atoms with Crippen LogP contribution in [0.15, 0.2) is 0 Å². The predicted octanol–water partition coefficient (Wildman–Crippen LogP) is 0.383. The van der Waals surface area contributed by atoms with Crippen LogP contribution in [0.25, 0.3) is 0 Å². The van der Waals surface area contributed by atoms with E-state index in [1.807, 2.05) is 13.8 Å². The average molecular weight is 209 g/mol. The third-order valence-corrected chi connectivity index (χ3v) is 4.01. The molecule has 1 aliphatic rings. The fourth-order valence-corrected chi connectivity index (χ4v) is 2.66. The van der Waals surface area contributed by atoms with E-state index in [4.69, 9.17) is 0 Å². The Morgan fingerprint density at radius 1 is 1.25 bits per heavy atom. The molecule has 0 aliphatic carbocycles. The Hall–Kier alpha value is 0.260. The summed E-state index contributed by atoms with van der Waals surface area (Å²) in [6, 6.07) is 0. The molecule has 0 spiro atoms. The lowest BCUT2D eigenvalue weighted by molar-refractivity contribution is 0.215. The maximum Gasteiger partial charge on any atom is 0.152 e. The van der Waals surface area contributed by atoms with E-state index in [0.717, 1.165) is 0 Å². The minimum absolute atomic E-state index is 0.198. The van der Waals surface area contributed by atoms with Gasteiger partial charge in [-0.15, -0.1) is 0 Å². The standard InChI is InChI=1S/C7H15NO2S2/c1-7(2,11)8-3-5-12(9,10)6-4-8/h11H,3-6H2,1-2H3. The van der Waals surface area contributed by atoms with Crippen LogP contribution >= 0.6 is 12.6 Å². The maximum absolute atomic E-state index is 11.1. The van der Waals surface area contributed by atoms with Crippen LogP contribution < -0.4 is 0 Å². The highest BCUT2D eigenvalue weighted by molar-refractivity contribution is 7.91. The minimum Gasteiger partial charge on any atom is -0.288 e. The third-order valence-electron chi connectivity index (χ3n) is 2.12. The molecule has 0 atom stereocenters. The van der Waals surface area contributed by atoms with Gasteiger partial charge in [-0.05, 0) is 13.8 Å². The van der Waals surface area contributed by atoms with Crippen molar-refractivity contribution in [3.63, 3.8) is 0 Å². The Morgan fingerprint density at radius 2 is 1.67 bits per heavy atom. The number of nitrogens with zero attached hydrogens (tertiary/aromatic N) is 1. The average Bonchev–Trinajstić information content (AvgIpc) is 1.83. The molecule has 0 aromatic rings. The summed E-state index contributed by atoms with van der Waals surface area (Å²) in [5.41, 5.74) is 0. The van der Waals surface area contributed by atoms with Crippen molar-refractivity contribution in [2.45, 2.75) is 18.7 Å². The lowest BCUT2D eigenvalue weighted by Gasteiger charge is -2.37. The van der Waals surface area contributed by atoms with Crippen LogP contribution in [0.2, 0.25) is 0 Å². The zero-order chi connectivity index (χ0) is 9.41. The van der Waals surface area contributed by atoms with Crippen LogP contribution in [-0.2, 0) is 9.84 Å². The van der Waals surface area contributed by atoms with Gasteiger partial charge in [0.15, 0.2) is 9.84 Å². The summed E-state index contributed by atoms with van der Waals surface area (Å²) in [5, 5.41) is 0. The minimum atomic E-state index is -2.75. The monoisotopic (exact) mass is 209 g/mol. The summed E-state index contributed by atoms with van der Waals surface area (Å²) >= 11 is 4.39. The molecule has 0 amide bonds. The molecule has 5 heteroatoms. The summed E-state index contributed by atoms with van der Waals surface area (Å²) in [6.07, 6.45) is 0. The first-order chi connectivity index (χ1) is 5.31. The van der Waals surface area contributed by atoms with Gasteiger partial charge < -0.3 is 0 Å². The molecule has 1 heterocycles. The molecule has 0 radical (unpaired) electrons. The van der Waals surface area contributed by atoms with Crippen molar-refractivity contribution in [1.29, 1.82) is 0 Å². The van der Waals surface area contributed by atoms with Crippen LogP contribution in [0.5, 0.6) is 0 Å². The van der Waals surface area contributed by atoms with Crippen LogP contribution in [0, 0.1) is 0 Å². The summed E-state index contributed by atoms with van der Waals surface area (Å²) in [5.74, 6) is 0.550. The quantitative estimate of drug-likeness (QED) is 0.635. The Morgan fingerprint density at radius 3 is 2.00 bits per heavy atom. The van der Waals surface area contributed by atoms with Crippen LogP contribution in [-0.4, -0.2) is 42.8 Å². The second kappa shape index (κ2) is 3.20. The van der Waals surface area contributed by atoms with Gasteiger partial charge in [-0.2, -0.15) is 12.6 Å². The molecule has 1 saturated heterocycles. The Kier molecular flexibility index (Phi) is 2.75. The zero-order valence-electron chi connectivity index (χ0n) is 7.45. The summed E-state index contributed by atoms with van der Waals surface area (Å²) in [6.45, 7) is 5.18. The number of sulfone groups is 1. The molecule has 1 fully saturated rings.